The molecule has 1 aromatic rings. The number of benzene rings is 1. The summed E-state index contributed by atoms with van der Waals surface area (Å²) >= 11 is 11.7. The Morgan fingerprint density at radius 3 is 2.56 bits per heavy atom. The third-order valence-electron chi connectivity index (χ3n) is 2.12. The summed E-state index contributed by atoms with van der Waals surface area (Å²) in [4.78, 5) is 11.6. The van der Waals surface area contributed by atoms with E-state index >= 15 is 0 Å². The van der Waals surface area contributed by atoms with Gasteiger partial charge in [-0.1, -0.05) is 23.2 Å². The van der Waals surface area contributed by atoms with Crippen molar-refractivity contribution in [3.63, 3.8) is 0 Å². The maximum absolute atomic E-state index is 11.6. The molecular formula is C13H15Cl2NO2. The molecule has 18 heavy (non-hydrogen) atoms. The Bertz CT molecular complexity index is 426. The minimum Gasteiger partial charge on any atom is -0.383 e. The third-order valence-corrected chi connectivity index (χ3v) is 2.55. The molecule has 5 heteroatoms. The van der Waals surface area contributed by atoms with Gasteiger partial charge in [0, 0.05) is 29.3 Å². The molecule has 0 saturated carbocycles. The van der Waals surface area contributed by atoms with E-state index in [0.29, 0.717) is 16.7 Å². The van der Waals surface area contributed by atoms with Crippen molar-refractivity contribution in [1.29, 1.82) is 0 Å². The van der Waals surface area contributed by atoms with Gasteiger partial charge in [0.05, 0.1) is 6.61 Å². The number of hydrogen-bond donors (Lipinski definition) is 1. The van der Waals surface area contributed by atoms with E-state index in [2.05, 4.69) is 5.32 Å². The molecule has 1 unspecified atom stereocenters. The second-order valence-electron chi connectivity index (χ2n) is 3.90. The van der Waals surface area contributed by atoms with Crippen LogP contribution in [0.4, 0.5) is 0 Å². The topological polar surface area (TPSA) is 38.3 Å². The fraction of sp³-hybridized carbons (Fsp3) is 0.308. The van der Waals surface area contributed by atoms with E-state index in [0.717, 1.165) is 5.56 Å². The molecule has 0 spiro atoms. The second kappa shape index (κ2) is 7.41. The van der Waals surface area contributed by atoms with E-state index in [-0.39, 0.29) is 11.9 Å². The Balaban J connectivity index is 2.60. The van der Waals surface area contributed by atoms with Crippen LogP contribution in [0.25, 0.3) is 6.08 Å². The summed E-state index contributed by atoms with van der Waals surface area (Å²) < 4.78 is 4.93. The summed E-state index contributed by atoms with van der Waals surface area (Å²) in [6.07, 6.45) is 3.10. The van der Waals surface area contributed by atoms with Crippen molar-refractivity contribution < 1.29 is 9.53 Å². The first-order chi connectivity index (χ1) is 8.51. The first kappa shape index (κ1) is 15.0. The molecule has 98 valence electrons. The van der Waals surface area contributed by atoms with Crippen LogP contribution in [-0.4, -0.2) is 25.7 Å². The van der Waals surface area contributed by atoms with Crippen LogP contribution in [0.15, 0.2) is 24.3 Å². The quantitative estimate of drug-likeness (QED) is 0.845. The van der Waals surface area contributed by atoms with Gasteiger partial charge in [0.2, 0.25) is 5.91 Å². The van der Waals surface area contributed by atoms with E-state index in [1.165, 1.54) is 6.08 Å². The molecule has 1 atom stereocenters. The highest BCUT2D eigenvalue weighted by atomic mass is 35.5. The Hall–Kier alpha value is -1.03. The first-order valence-corrected chi connectivity index (χ1v) is 6.20. The molecule has 1 N–H and O–H groups in total. The fourth-order valence-corrected chi connectivity index (χ4v) is 1.97. The maximum atomic E-state index is 11.6. The lowest BCUT2D eigenvalue weighted by Gasteiger charge is -2.10. The molecule has 1 amide bonds. The minimum atomic E-state index is -0.185. The van der Waals surface area contributed by atoms with E-state index in [9.17, 15) is 4.79 Å². The lowest BCUT2D eigenvalue weighted by atomic mass is 10.2. The van der Waals surface area contributed by atoms with E-state index in [1.54, 1.807) is 31.4 Å². The highest BCUT2D eigenvalue weighted by Crippen LogP contribution is 2.19. The number of halogens is 2. The molecule has 0 aromatic heterocycles. The van der Waals surface area contributed by atoms with E-state index in [1.807, 2.05) is 6.92 Å². The SMILES string of the molecule is COCC(C)NC(=O)/C=C/c1cc(Cl)cc(Cl)c1. The second-order valence-corrected chi connectivity index (χ2v) is 4.77. The number of carbonyl (C=O) groups excluding carboxylic acids is 1. The zero-order valence-corrected chi connectivity index (χ0v) is 11.8. The number of amides is 1. The molecule has 3 nitrogen and oxygen atoms in total. The Kier molecular flexibility index (Phi) is 6.19. The Morgan fingerprint density at radius 2 is 2.00 bits per heavy atom. The van der Waals surface area contributed by atoms with Gasteiger partial charge in [-0.25, -0.2) is 0 Å². The van der Waals surface area contributed by atoms with Gasteiger partial charge in [-0.15, -0.1) is 0 Å². The standard InChI is InChI=1S/C13H15Cl2NO2/c1-9(8-18-2)16-13(17)4-3-10-5-11(14)7-12(15)6-10/h3-7,9H,8H2,1-2H3,(H,16,17)/b4-3+. The molecular weight excluding hydrogens is 273 g/mol. The number of nitrogens with one attached hydrogen (secondary N) is 1. The zero-order chi connectivity index (χ0) is 13.5. The number of hydrogen-bond acceptors (Lipinski definition) is 2. The summed E-state index contributed by atoms with van der Waals surface area (Å²) in [5.41, 5.74) is 0.780. The van der Waals surface area contributed by atoms with Gasteiger partial charge >= 0.3 is 0 Å². The lowest BCUT2D eigenvalue weighted by Crippen LogP contribution is -2.34. The van der Waals surface area contributed by atoms with Crippen LogP contribution in [0.1, 0.15) is 12.5 Å². The summed E-state index contributed by atoms with van der Waals surface area (Å²) in [5.74, 6) is -0.185. The summed E-state index contributed by atoms with van der Waals surface area (Å²) in [6, 6.07) is 5.07. The molecule has 1 aromatic carbocycles. The van der Waals surface area contributed by atoms with Gasteiger partial charge in [-0.3, -0.25) is 4.79 Å². The third kappa shape index (κ3) is 5.54. The van der Waals surface area contributed by atoms with Crippen molar-refractivity contribution in [2.75, 3.05) is 13.7 Å². The lowest BCUT2D eigenvalue weighted by molar-refractivity contribution is -0.117. The number of ether oxygens (including phenoxy) is 1. The molecule has 0 aliphatic heterocycles. The highest BCUT2D eigenvalue weighted by Gasteiger charge is 2.03. The molecule has 0 fully saturated rings. The maximum Gasteiger partial charge on any atom is 0.244 e. The predicted octanol–water partition coefficient (Wildman–Crippen LogP) is 3.16. The summed E-state index contributed by atoms with van der Waals surface area (Å²) in [6.45, 7) is 2.34. The summed E-state index contributed by atoms with van der Waals surface area (Å²) in [7, 11) is 1.59. The smallest absolute Gasteiger partial charge is 0.244 e. The normalized spacial score (nSPS) is 12.7. The van der Waals surface area contributed by atoms with Crippen molar-refractivity contribution in [3.05, 3.63) is 39.9 Å². The van der Waals surface area contributed by atoms with Gasteiger partial charge in [0.25, 0.3) is 0 Å². The average molecular weight is 288 g/mol. The van der Waals surface area contributed by atoms with Crippen LogP contribution >= 0.6 is 23.2 Å². The highest BCUT2D eigenvalue weighted by molar-refractivity contribution is 6.34. The van der Waals surface area contributed by atoms with Gasteiger partial charge in [-0.05, 0) is 36.8 Å². The van der Waals surface area contributed by atoms with Crippen molar-refractivity contribution in [3.8, 4) is 0 Å². The predicted molar refractivity (Wildman–Crippen MR) is 75.0 cm³/mol. The van der Waals surface area contributed by atoms with Crippen molar-refractivity contribution in [1.82, 2.24) is 5.32 Å². The molecule has 0 heterocycles. The fourth-order valence-electron chi connectivity index (χ4n) is 1.43. The number of rotatable bonds is 5. The van der Waals surface area contributed by atoms with Gasteiger partial charge in [0.1, 0.15) is 0 Å². The number of carbonyl (C=O) groups is 1. The minimum absolute atomic E-state index is 0.0323. The zero-order valence-electron chi connectivity index (χ0n) is 10.2. The largest absolute Gasteiger partial charge is 0.383 e. The van der Waals surface area contributed by atoms with Crippen LogP contribution < -0.4 is 5.32 Å². The number of methoxy groups -OCH3 is 1. The molecule has 1 rings (SSSR count). The van der Waals surface area contributed by atoms with Crippen LogP contribution in [0.2, 0.25) is 10.0 Å². The molecule has 0 radical (unpaired) electrons. The van der Waals surface area contributed by atoms with Gasteiger partial charge in [-0.2, -0.15) is 0 Å². The van der Waals surface area contributed by atoms with Crippen LogP contribution in [-0.2, 0) is 9.53 Å². The first-order valence-electron chi connectivity index (χ1n) is 5.45. The van der Waals surface area contributed by atoms with Crippen molar-refractivity contribution in [2.24, 2.45) is 0 Å². The molecule has 0 aliphatic rings. The Morgan fingerprint density at radius 1 is 1.39 bits per heavy atom. The van der Waals surface area contributed by atoms with Crippen molar-refractivity contribution in [2.45, 2.75) is 13.0 Å². The summed E-state index contributed by atoms with van der Waals surface area (Å²) in [5, 5.41) is 3.84. The Labute approximate surface area is 117 Å². The average Bonchev–Trinajstić information content (AvgIpc) is 2.25. The van der Waals surface area contributed by atoms with Gasteiger partial charge < -0.3 is 10.1 Å². The van der Waals surface area contributed by atoms with E-state index in [4.69, 9.17) is 27.9 Å². The van der Waals surface area contributed by atoms with Crippen molar-refractivity contribution >= 4 is 35.2 Å². The molecule has 0 aliphatic carbocycles. The van der Waals surface area contributed by atoms with E-state index < -0.39 is 0 Å². The van der Waals surface area contributed by atoms with Crippen LogP contribution in [0.5, 0.6) is 0 Å². The van der Waals surface area contributed by atoms with Crippen LogP contribution in [0.3, 0.4) is 0 Å². The van der Waals surface area contributed by atoms with Gasteiger partial charge in [0.15, 0.2) is 0 Å². The molecule has 0 bridgehead atoms. The van der Waals surface area contributed by atoms with Crippen LogP contribution in [0, 0.1) is 0 Å². The molecule has 0 saturated heterocycles. The monoisotopic (exact) mass is 287 g/mol.